The van der Waals surface area contributed by atoms with Crippen LogP contribution < -0.4 is 15.1 Å². The maximum Gasteiger partial charge on any atom is 0.354 e. The SMILES string of the molecule is C#Cc1ccnc(NC(=O)N2c3nc(C(=O)O)ccc3N3CC[C@H]2C3)c1. The number of aromatic carboxylic acids is 1. The number of aromatic nitrogens is 2. The van der Waals surface area contributed by atoms with Gasteiger partial charge in [-0.05, 0) is 30.7 Å². The molecule has 1 fully saturated rings. The molecule has 2 aliphatic heterocycles. The first-order valence-corrected chi connectivity index (χ1v) is 8.09. The van der Waals surface area contributed by atoms with Crippen molar-refractivity contribution in [3.05, 3.63) is 41.7 Å². The van der Waals surface area contributed by atoms with Gasteiger partial charge >= 0.3 is 12.0 Å². The molecule has 8 heteroatoms. The van der Waals surface area contributed by atoms with Crippen LogP contribution in [0.25, 0.3) is 0 Å². The number of nitrogens with one attached hydrogen (secondary N) is 1. The summed E-state index contributed by atoms with van der Waals surface area (Å²) < 4.78 is 0. The van der Waals surface area contributed by atoms with Crippen LogP contribution in [0.15, 0.2) is 30.5 Å². The van der Waals surface area contributed by atoms with Crippen molar-refractivity contribution in [3.8, 4) is 12.3 Å². The molecule has 0 radical (unpaired) electrons. The van der Waals surface area contributed by atoms with Gasteiger partial charge in [-0.15, -0.1) is 6.42 Å². The number of pyridine rings is 2. The number of amides is 2. The summed E-state index contributed by atoms with van der Waals surface area (Å²) in [5.74, 6) is 2.04. The normalized spacial score (nSPS) is 17.4. The number of fused-ring (bicyclic) bond motifs is 4. The lowest BCUT2D eigenvalue weighted by molar-refractivity contribution is 0.0690. The average molecular weight is 349 g/mol. The largest absolute Gasteiger partial charge is 0.477 e. The van der Waals surface area contributed by atoms with Crippen LogP contribution in [0.2, 0.25) is 0 Å². The molecule has 2 amide bonds. The van der Waals surface area contributed by atoms with Crippen molar-refractivity contribution in [1.29, 1.82) is 0 Å². The van der Waals surface area contributed by atoms with E-state index in [1.165, 1.54) is 17.2 Å². The molecule has 2 aromatic rings. The summed E-state index contributed by atoms with van der Waals surface area (Å²) in [6.07, 6.45) is 7.68. The van der Waals surface area contributed by atoms with Crippen LogP contribution in [-0.2, 0) is 0 Å². The van der Waals surface area contributed by atoms with Crippen molar-refractivity contribution in [1.82, 2.24) is 9.97 Å². The lowest BCUT2D eigenvalue weighted by atomic mass is 10.2. The number of carbonyl (C=O) groups excluding carboxylic acids is 1. The van der Waals surface area contributed by atoms with Crippen molar-refractivity contribution >= 4 is 29.3 Å². The van der Waals surface area contributed by atoms with E-state index in [9.17, 15) is 14.7 Å². The lowest BCUT2D eigenvalue weighted by Crippen LogP contribution is -2.48. The van der Waals surface area contributed by atoms with Crippen molar-refractivity contribution < 1.29 is 14.7 Å². The number of rotatable bonds is 2. The third-order valence-corrected chi connectivity index (χ3v) is 4.55. The molecule has 8 nitrogen and oxygen atoms in total. The molecule has 2 bridgehead atoms. The van der Waals surface area contributed by atoms with Gasteiger partial charge in [-0.3, -0.25) is 10.2 Å². The van der Waals surface area contributed by atoms with Crippen LogP contribution in [0.1, 0.15) is 22.5 Å². The van der Waals surface area contributed by atoms with Gasteiger partial charge < -0.3 is 10.0 Å². The van der Waals surface area contributed by atoms with Gasteiger partial charge in [0.05, 0.1) is 11.7 Å². The molecule has 1 saturated heterocycles. The Morgan fingerprint density at radius 1 is 1.35 bits per heavy atom. The fourth-order valence-corrected chi connectivity index (χ4v) is 3.35. The molecule has 26 heavy (non-hydrogen) atoms. The molecular weight excluding hydrogens is 334 g/mol. The Balaban J connectivity index is 1.70. The van der Waals surface area contributed by atoms with Gasteiger partial charge in [0.1, 0.15) is 5.82 Å². The quantitative estimate of drug-likeness (QED) is 0.802. The Bertz CT molecular complexity index is 952. The third kappa shape index (κ3) is 2.59. The van der Waals surface area contributed by atoms with Gasteiger partial charge in [-0.1, -0.05) is 5.92 Å². The van der Waals surface area contributed by atoms with Crippen LogP contribution in [-0.4, -0.2) is 46.2 Å². The Morgan fingerprint density at radius 2 is 2.19 bits per heavy atom. The topological polar surface area (TPSA) is 98.7 Å². The molecular formula is C18H15N5O3. The van der Waals surface area contributed by atoms with Crippen LogP contribution in [0.5, 0.6) is 0 Å². The van der Waals surface area contributed by atoms with Crippen molar-refractivity contribution in [3.63, 3.8) is 0 Å². The van der Waals surface area contributed by atoms with Crippen molar-refractivity contribution in [2.45, 2.75) is 12.5 Å². The first-order valence-electron chi connectivity index (χ1n) is 8.09. The molecule has 130 valence electrons. The number of terminal acetylenes is 1. The fourth-order valence-electron chi connectivity index (χ4n) is 3.35. The van der Waals surface area contributed by atoms with E-state index >= 15 is 0 Å². The zero-order valence-corrected chi connectivity index (χ0v) is 13.7. The highest BCUT2D eigenvalue weighted by Crippen LogP contribution is 2.39. The van der Waals surface area contributed by atoms with E-state index in [1.807, 2.05) is 0 Å². The van der Waals surface area contributed by atoms with E-state index in [0.29, 0.717) is 23.7 Å². The second kappa shape index (κ2) is 6.04. The van der Waals surface area contributed by atoms with Gasteiger partial charge in [0.25, 0.3) is 0 Å². The minimum Gasteiger partial charge on any atom is -0.477 e. The molecule has 2 aliphatic rings. The van der Waals surface area contributed by atoms with E-state index in [4.69, 9.17) is 6.42 Å². The number of carboxylic acid groups (broad SMARTS) is 1. The van der Waals surface area contributed by atoms with Gasteiger partial charge in [0.15, 0.2) is 11.5 Å². The van der Waals surface area contributed by atoms with Gasteiger partial charge in [0.2, 0.25) is 0 Å². The molecule has 0 aromatic carbocycles. The second-order valence-electron chi connectivity index (χ2n) is 6.11. The first-order chi connectivity index (χ1) is 12.6. The average Bonchev–Trinajstić information content (AvgIpc) is 3.06. The van der Waals surface area contributed by atoms with E-state index in [-0.39, 0.29) is 11.7 Å². The summed E-state index contributed by atoms with van der Waals surface area (Å²) in [6.45, 7) is 1.48. The second-order valence-corrected chi connectivity index (χ2v) is 6.11. The van der Waals surface area contributed by atoms with Crippen molar-refractivity contribution in [2.24, 2.45) is 0 Å². The smallest absolute Gasteiger partial charge is 0.354 e. The van der Waals surface area contributed by atoms with E-state index in [2.05, 4.69) is 26.1 Å². The number of carboxylic acids is 1. The Kier molecular flexibility index (Phi) is 3.69. The molecule has 0 aliphatic carbocycles. The van der Waals surface area contributed by atoms with Crippen LogP contribution in [0, 0.1) is 12.3 Å². The summed E-state index contributed by atoms with van der Waals surface area (Å²) >= 11 is 0. The standard InChI is InChI=1S/C18H15N5O3/c1-2-11-5-7-19-15(9-11)21-18(26)23-12-6-8-22(10-12)14-4-3-13(17(24)25)20-16(14)23/h1,3-5,7,9,12H,6,8,10H2,(H,24,25)(H,19,21,26)/t12-/m0/s1. The molecule has 0 saturated carbocycles. The van der Waals surface area contributed by atoms with Crippen LogP contribution in [0.3, 0.4) is 0 Å². The number of carbonyl (C=O) groups is 2. The highest BCUT2D eigenvalue weighted by molar-refractivity contribution is 6.04. The van der Waals surface area contributed by atoms with E-state index < -0.39 is 12.0 Å². The molecule has 0 unspecified atom stereocenters. The summed E-state index contributed by atoms with van der Waals surface area (Å²) in [5.41, 5.74) is 1.26. The fraction of sp³-hybridized carbons (Fsp3) is 0.222. The summed E-state index contributed by atoms with van der Waals surface area (Å²) in [5, 5.41) is 12.0. The minimum absolute atomic E-state index is 0.0742. The highest BCUT2D eigenvalue weighted by Gasteiger charge is 2.40. The Morgan fingerprint density at radius 3 is 2.96 bits per heavy atom. The van der Waals surface area contributed by atoms with Gasteiger partial charge in [0, 0.05) is 24.8 Å². The molecule has 2 N–H and O–H groups in total. The predicted octanol–water partition coefficient (Wildman–Crippen LogP) is 1.79. The maximum absolute atomic E-state index is 12.9. The number of anilines is 3. The zero-order valence-electron chi connectivity index (χ0n) is 13.7. The minimum atomic E-state index is -1.13. The van der Waals surface area contributed by atoms with E-state index in [1.54, 1.807) is 18.2 Å². The number of nitrogens with zero attached hydrogens (tertiary/aromatic N) is 4. The van der Waals surface area contributed by atoms with Crippen molar-refractivity contribution in [2.75, 3.05) is 28.2 Å². The molecule has 1 atom stereocenters. The predicted molar refractivity (Wildman–Crippen MR) is 95.5 cm³/mol. The maximum atomic E-state index is 12.9. The van der Waals surface area contributed by atoms with Crippen LogP contribution >= 0.6 is 0 Å². The Hall–Kier alpha value is -3.60. The third-order valence-electron chi connectivity index (χ3n) is 4.55. The Labute approximate surface area is 149 Å². The summed E-state index contributed by atoms with van der Waals surface area (Å²) in [7, 11) is 0. The first kappa shape index (κ1) is 15.9. The van der Waals surface area contributed by atoms with Gasteiger partial charge in [-0.2, -0.15) is 0 Å². The summed E-state index contributed by atoms with van der Waals surface area (Å²) in [6, 6.07) is 5.94. The summed E-state index contributed by atoms with van der Waals surface area (Å²) in [4.78, 5) is 36.1. The number of urea groups is 1. The zero-order chi connectivity index (χ0) is 18.3. The molecule has 4 rings (SSSR count). The van der Waals surface area contributed by atoms with Crippen LogP contribution in [0.4, 0.5) is 22.1 Å². The lowest BCUT2D eigenvalue weighted by Gasteiger charge is -2.35. The molecule has 0 spiro atoms. The highest BCUT2D eigenvalue weighted by atomic mass is 16.4. The van der Waals surface area contributed by atoms with Gasteiger partial charge in [-0.25, -0.2) is 19.6 Å². The molecule has 4 heterocycles. The number of hydrogen-bond donors (Lipinski definition) is 2. The van der Waals surface area contributed by atoms with E-state index in [0.717, 1.165) is 18.7 Å². The molecule has 2 aromatic heterocycles. The number of hydrogen-bond acceptors (Lipinski definition) is 5. The monoisotopic (exact) mass is 349 g/mol.